The summed E-state index contributed by atoms with van der Waals surface area (Å²) in [4.78, 5) is 8.06. The molecule has 2 atom stereocenters. The third-order valence-corrected chi connectivity index (χ3v) is 19.2. The first-order valence-corrected chi connectivity index (χ1v) is 26.3. The number of para-hydroxylation sites is 1. The minimum absolute atomic E-state index is 0.00315. The molecule has 9 aromatic carbocycles. The van der Waals surface area contributed by atoms with Gasteiger partial charge in [0, 0.05) is 70.5 Å². The second kappa shape index (κ2) is 14.5. The highest BCUT2D eigenvalue weighted by molar-refractivity contribution is 7.27. The Morgan fingerprint density at radius 3 is 1.68 bits per heavy atom. The molecule has 69 heavy (non-hydrogen) atoms. The van der Waals surface area contributed by atoms with Gasteiger partial charge in [0.1, 0.15) is 0 Å². The number of hydrogen-bond donors (Lipinski definition) is 0. The molecule has 330 valence electrons. The lowest BCUT2D eigenvalue weighted by Crippen LogP contribution is -2.61. The first-order valence-electron chi connectivity index (χ1n) is 24.7. The molecule has 0 spiro atoms. The molecule has 2 aromatic heterocycles. The van der Waals surface area contributed by atoms with E-state index in [1.54, 1.807) is 0 Å². The zero-order valence-corrected chi connectivity index (χ0v) is 40.6. The number of nitrogens with zero attached hydrogens (tertiary/aromatic N) is 3. The van der Waals surface area contributed by atoms with Crippen molar-refractivity contribution in [2.75, 3.05) is 14.7 Å². The molecule has 3 nitrogen and oxygen atoms in total. The molecular weight excluding hydrogens is 874 g/mol. The van der Waals surface area contributed by atoms with Crippen LogP contribution in [0.5, 0.6) is 0 Å². The Bertz CT molecular complexity index is 3960. The standard InChI is InChI=1S/C63H48BN3S2/c1-39-35-55-59-56(36-39)66(52-26-16-22-46-44-20-8-12-28-58(44)69-61(46)52)54-38-42(67-50-24-10-9-23-47(50)62(2)33-13-14-34-63(62,67)3)30-32-49(54)64(59)48-31-29-41(40-17-5-4-6-18-40)37-53(48)65(55)51-25-15-21-45-43-19-7-11-27-57(43)68-60(45)51/h4-12,15-32,35-38H,13-14,33-34H2,1-3H3. The van der Waals surface area contributed by atoms with Gasteiger partial charge < -0.3 is 14.7 Å². The number of rotatable bonds is 4. The van der Waals surface area contributed by atoms with E-state index < -0.39 is 0 Å². The molecule has 0 bridgehead atoms. The van der Waals surface area contributed by atoms with Crippen LogP contribution >= 0.6 is 22.7 Å². The minimum Gasteiger partial charge on any atom is -0.334 e. The van der Waals surface area contributed by atoms with Crippen LogP contribution in [-0.4, -0.2) is 12.3 Å². The quantitative estimate of drug-likeness (QED) is 0.163. The summed E-state index contributed by atoms with van der Waals surface area (Å²) in [5, 5.41) is 5.25. The highest BCUT2D eigenvalue weighted by Crippen LogP contribution is 2.61. The Hall–Kier alpha value is -7.12. The monoisotopic (exact) mass is 921 g/mol. The number of thiophene rings is 2. The molecule has 3 aliphatic heterocycles. The van der Waals surface area contributed by atoms with Crippen molar-refractivity contribution in [3.05, 3.63) is 199 Å². The van der Waals surface area contributed by atoms with Crippen LogP contribution in [0.4, 0.5) is 45.5 Å². The van der Waals surface area contributed by atoms with Gasteiger partial charge in [0.25, 0.3) is 6.71 Å². The van der Waals surface area contributed by atoms with Gasteiger partial charge in [-0.25, -0.2) is 0 Å². The van der Waals surface area contributed by atoms with Crippen molar-refractivity contribution in [2.45, 2.75) is 57.4 Å². The van der Waals surface area contributed by atoms with Gasteiger partial charge in [-0.05, 0) is 126 Å². The maximum absolute atomic E-state index is 2.76. The molecule has 6 heteroatoms. The Morgan fingerprint density at radius 2 is 1.00 bits per heavy atom. The van der Waals surface area contributed by atoms with E-state index in [0.717, 1.165) is 6.42 Å². The average Bonchev–Trinajstić information content (AvgIpc) is 4.03. The fourth-order valence-corrected chi connectivity index (χ4v) is 15.9. The number of fused-ring (bicyclic) bond motifs is 13. The van der Waals surface area contributed by atoms with Gasteiger partial charge in [0.2, 0.25) is 0 Å². The molecular formula is C63H48BN3S2. The maximum Gasteiger partial charge on any atom is 0.252 e. The summed E-state index contributed by atoms with van der Waals surface area (Å²) in [7, 11) is 0. The lowest BCUT2D eigenvalue weighted by atomic mass is 9.33. The maximum atomic E-state index is 2.76. The second-order valence-corrected chi connectivity index (χ2v) is 22.5. The van der Waals surface area contributed by atoms with Crippen LogP contribution in [-0.2, 0) is 5.41 Å². The van der Waals surface area contributed by atoms with E-state index >= 15 is 0 Å². The molecule has 1 saturated carbocycles. The Balaban J connectivity index is 1.04. The highest BCUT2D eigenvalue weighted by Gasteiger charge is 2.58. The van der Waals surface area contributed by atoms with Crippen molar-refractivity contribution >= 4 is 132 Å². The van der Waals surface area contributed by atoms with Crippen molar-refractivity contribution in [2.24, 2.45) is 0 Å². The SMILES string of the molecule is Cc1cc2c3c(c1)N(c1cccc4c1sc1ccccc14)c1cc(N4c5ccccc5C5(C)CCCCC45C)ccc1B3c1ccc(-c3ccccc3)cc1N2c1cccc2c1sc1ccccc12. The van der Waals surface area contributed by atoms with Gasteiger partial charge in [-0.3, -0.25) is 0 Å². The topological polar surface area (TPSA) is 9.72 Å². The fourth-order valence-electron chi connectivity index (χ4n) is 13.5. The van der Waals surface area contributed by atoms with Gasteiger partial charge in [-0.1, -0.05) is 147 Å². The largest absolute Gasteiger partial charge is 0.334 e. The van der Waals surface area contributed by atoms with Gasteiger partial charge in [0.05, 0.1) is 26.3 Å². The number of hydrogen-bond acceptors (Lipinski definition) is 5. The van der Waals surface area contributed by atoms with Crippen LogP contribution in [0.1, 0.15) is 50.7 Å². The molecule has 4 aliphatic rings. The zero-order valence-electron chi connectivity index (χ0n) is 39.0. The summed E-state index contributed by atoms with van der Waals surface area (Å²) in [5.41, 5.74) is 19.3. The predicted molar refractivity (Wildman–Crippen MR) is 299 cm³/mol. The van der Waals surface area contributed by atoms with Crippen LogP contribution in [0.3, 0.4) is 0 Å². The van der Waals surface area contributed by atoms with E-state index in [2.05, 4.69) is 224 Å². The number of benzene rings is 9. The summed E-state index contributed by atoms with van der Waals surface area (Å²) in [6, 6.07) is 71.9. The van der Waals surface area contributed by atoms with Crippen molar-refractivity contribution in [1.82, 2.24) is 0 Å². The average molecular weight is 922 g/mol. The van der Waals surface area contributed by atoms with E-state index in [0.29, 0.717) is 0 Å². The zero-order chi connectivity index (χ0) is 45.8. The van der Waals surface area contributed by atoms with E-state index in [9.17, 15) is 0 Å². The van der Waals surface area contributed by atoms with Crippen LogP contribution < -0.4 is 31.1 Å². The Kier molecular flexibility index (Phi) is 8.35. The van der Waals surface area contributed by atoms with Gasteiger partial charge >= 0.3 is 0 Å². The molecule has 5 heterocycles. The third kappa shape index (κ3) is 5.39. The molecule has 2 unspecified atom stereocenters. The molecule has 1 aliphatic carbocycles. The van der Waals surface area contributed by atoms with Crippen molar-refractivity contribution in [3.63, 3.8) is 0 Å². The molecule has 0 saturated heterocycles. The number of anilines is 8. The van der Waals surface area contributed by atoms with E-state index in [1.165, 1.54) is 144 Å². The highest BCUT2D eigenvalue weighted by atomic mass is 32.1. The van der Waals surface area contributed by atoms with Crippen LogP contribution in [0.25, 0.3) is 51.5 Å². The normalized spacial score (nSPS) is 19.0. The molecule has 0 amide bonds. The van der Waals surface area contributed by atoms with Gasteiger partial charge in [-0.2, -0.15) is 0 Å². The molecule has 0 radical (unpaired) electrons. The third-order valence-electron chi connectivity index (χ3n) is 16.8. The fraction of sp³-hybridized carbons (Fsp3) is 0.143. The van der Waals surface area contributed by atoms with E-state index in [1.807, 2.05) is 22.7 Å². The van der Waals surface area contributed by atoms with Crippen molar-refractivity contribution < 1.29 is 0 Å². The molecule has 1 fully saturated rings. The lowest BCUT2D eigenvalue weighted by molar-refractivity contribution is 0.195. The van der Waals surface area contributed by atoms with Crippen LogP contribution in [0.2, 0.25) is 0 Å². The number of aryl methyl sites for hydroxylation is 1. The first kappa shape index (κ1) is 39.8. The summed E-state index contributed by atoms with van der Waals surface area (Å²) in [5.74, 6) is 0. The molecule has 0 N–H and O–H groups in total. The first-order chi connectivity index (χ1) is 33.9. The Labute approximate surface area is 411 Å². The minimum atomic E-state index is -0.0603. The Morgan fingerprint density at radius 1 is 0.449 bits per heavy atom. The second-order valence-electron chi connectivity index (χ2n) is 20.4. The molecule has 11 aromatic rings. The molecule has 15 rings (SSSR count). The van der Waals surface area contributed by atoms with Crippen molar-refractivity contribution in [1.29, 1.82) is 0 Å². The summed E-state index contributed by atoms with van der Waals surface area (Å²) < 4.78 is 5.26. The summed E-state index contributed by atoms with van der Waals surface area (Å²) in [6.07, 6.45) is 4.87. The summed E-state index contributed by atoms with van der Waals surface area (Å²) in [6.45, 7) is 7.40. The predicted octanol–water partition coefficient (Wildman–Crippen LogP) is 16.2. The van der Waals surface area contributed by atoms with E-state index in [-0.39, 0.29) is 17.7 Å². The van der Waals surface area contributed by atoms with Gasteiger partial charge in [0.15, 0.2) is 0 Å². The van der Waals surface area contributed by atoms with Crippen molar-refractivity contribution in [3.8, 4) is 11.1 Å². The van der Waals surface area contributed by atoms with E-state index in [4.69, 9.17) is 0 Å². The summed E-state index contributed by atoms with van der Waals surface area (Å²) >= 11 is 3.83. The van der Waals surface area contributed by atoms with Gasteiger partial charge in [-0.15, -0.1) is 22.7 Å². The lowest BCUT2D eigenvalue weighted by Gasteiger charge is -2.50. The smallest absolute Gasteiger partial charge is 0.252 e. The van der Waals surface area contributed by atoms with Crippen LogP contribution in [0, 0.1) is 6.92 Å². The van der Waals surface area contributed by atoms with Crippen LogP contribution in [0.15, 0.2) is 188 Å².